The number of benzene rings is 2. The maximum Gasteiger partial charge on any atom is 0.306 e. The first kappa shape index (κ1) is 15.1. The van der Waals surface area contributed by atoms with Crippen molar-refractivity contribution in [1.82, 2.24) is 0 Å². The molecule has 21 heavy (non-hydrogen) atoms. The zero-order valence-electron chi connectivity index (χ0n) is 12.4. The SMILES string of the molecule is COc1ccccc1[C@@H](C)CC(=O)OCc1ccccc1. The smallest absolute Gasteiger partial charge is 0.306 e. The molecule has 0 N–H and O–H groups in total. The minimum Gasteiger partial charge on any atom is -0.496 e. The van der Waals surface area contributed by atoms with E-state index in [0.29, 0.717) is 13.0 Å². The maximum absolute atomic E-state index is 11.9. The van der Waals surface area contributed by atoms with Crippen LogP contribution in [0.2, 0.25) is 0 Å². The highest BCUT2D eigenvalue weighted by Gasteiger charge is 2.15. The first-order chi connectivity index (χ1) is 10.2. The van der Waals surface area contributed by atoms with Gasteiger partial charge in [-0.1, -0.05) is 55.5 Å². The number of methoxy groups -OCH3 is 1. The van der Waals surface area contributed by atoms with Gasteiger partial charge < -0.3 is 9.47 Å². The van der Waals surface area contributed by atoms with Crippen molar-refractivity contribution in [3.63, 3.8) is 0 Å². The molecule has 0 spiro atoms. The second kappa shape index (κ2) is 7.48. The van der Waals surface area contributed by atoms with Gasteiger partial charge in [0.05, 0.1) is 13.5 Å². The average Bonchev–Trinajstić information content (AvgIpc) is 2.53. The third kappa shape index (κ3) is 4.35. The van der Waals surface area contributed by atoms with Crippen LogP contribution in [0, 0.1) is 0 Å². The number of ether oxygens (including phenoxy) is 2. The van der Waals surface area contributed by atoms with Crippen molar-refractivity contribution in [2.75, 3.05) is 7.11 Å². The van der Waals surface area contributed by atoms with Gasteiger partial charge in [0.25, 0.3) is 0 Å². The topological polar surface area (TPSA) is 35.5 Å². The lowest BCUT2D eigenvalue weighted by atomic mass is 9.97. The minimum absolute atomic E-state index is 0.0597. The number of carbonyl (C=O) groups excluding carboxylic acids is 1. The summed E-state index contributed by atoms with van der Waals surface area (Å²) < 4.78 is 10.6. The molecule has 3 heteroatoms. The first-order valence-electron chi connectivity index (χ1n) is 7.03. The average molecular weight is 284 g/mol. The quantitative estimate of drug-likeness (QED) is 0.754. The van der Waals surface area contributed by atoms with E-state index in [1.54, 1.807) is 7.11 Å². The van der Waals surface area contributed by atoms with Gasteiger partial charge in [-0.25, -0.2) is 0 Å². The summed E-state index contributed by atoms with van der Waals surface area (Å²) in [5.41, 5.74) is 2.02. The highest BCUT2D eigenvalue weighted by atomic mass is 16.5. The van der Waals surface area contributed by atoms with Crippen molar-refractivity contribution in [2.24, 2.45) is 0 Å². The molecule has 2 aromatic rings. The minimum atomic E-state index is -0.197. The highest BCUT2D eigenvalue weighted by Crippen LogP contribution is 2.28. The van der Waals surface area contributed by atoms with Crippen molar-refractivity contribution in [3.05, 3.63) is 65.7 Å². The van der Waals surface area contributed by atoms with Crippen molar-refractivity contribution in [2.45, 2.75) is 25.9 Å². The molecule has 0 aromatic heterocycles. The first-order valence-corrected chi connectivity index (χ1v) is 7.03. The summed E-state index contributed by atoms with van der Waals surface area (Å²) >= 11 is 0. The van der Waals surface area contributed by atoms with Crippen LogP contribution in [0.15, 0.2) is 54.6 Å². The molecule has 0 aliphatic rings. The van der Waals surface area contributed by atoms with Crippen LogP contribution < -0.4 is 4.74 Å². The second-order valence-corrected chi connectivity index (χ2v) is 4.99. The molecule has 1 atom stereocenters. The highest BCUT2D eigenvalue weighted by molar-refractivity contribution is 5.70. The predicted octanol–water partition coefficient (Wildman–Crippen LogP) is 3.93. The molecule has 0 aliphatic carbocycles. The molecule has 2 aromatic carbocycles. The van der Waals surface area contributed by atoms with E-state index in [-0.39, 0.29) is 11.9 Å². The third-order valence-corrected chi connectivity index (χ3v) is 3.39. The molecule has 0 fully saturated rings. The van der Waals surface area contributed by atoms with Gasteiger partial charge in [0, 0.05) is 0 Å². The predicted molar refractivity (Wildman–Crippen MR) is 82.3 cm³/mol. The number of hydrogen-bond acceptors (Lipinski definition) is 3. The fraction of sp³-hybridized carbons (Fsp3) is 0.278. The molecule has 0 radical (unpaired) electrons. The van der Waals surface area contributed by atoms with E-state index in [1.807, 2.05) is 61.5 Å². The molecule has 0 unspecified atom stereocenters. The van der Waals surface area contributed by atoms with Crippen LogP contribution in [0.4, 0.5) is 0 Å². The third-order valence-electron chi connectivity index (χ3n) is 3.39. The van der Waals surface area contributed by atoms with Crippen LogP contribution in [-0.2, 0) is 16.1 Å². The van der Waals surface area contributed by atoms with E-state index in [4.69, 9.17) is 9.47 Å². The molecule has 2 rings (SSSR count). The lowest BCUT2D eigenvalue weighted by Gasteiger charge is -2.15. The molecule has 110 valence electrons. The van der Waals surface area contributed by atoms with E-state index in [2.05, 4.69) is 0 Å². The standard InChI is InChI=1S/C18H20O3/c1-14(16-10-6-7-11-17(16)20-2)12-18(19)21-13-15-8-4-3-5-9-15/h3-11,14H,12-13H2,1-2H3/t14-/m0/s1. The molecule has 0 saturated carbocycles. The Morgan fingerprint density at radius 2 is 1.71 bits per heavy atom. The van der Waals surface area contributed by atoms with Gasteiger partial charge >= 0.3 is 5.97 Å². The van der Waals surface area contributed by atoms with E-state index < -0.39 is 0 Å². The number of esters is 1. The Labute approximate surface area is 125 Å². The summed E-state index contributed by atoms with van der Waals surface area (Å²) in [5, 5.41) is 0. The number of rotatable bonds is 6. The summed E-state index contributed by atoms with van der Waals surface area (Å²) in [5.74, 6) is 0.669. The fourth-order valence-corrected chi connectivity index (χ4v) is 2.23. The van der Waals surface area contributed by atoms with Gasteiger partial charge in [0.1, 0.15) is 12.4 Å². The molecule has 0 bridgehead atoms. The zero-order chi connectivity index (χ0) is 15.1. The Bertz CT molecular complexity index is 578. The summed E-state index contributed by atoms with van der Waals surface area (Å²) in [6.45, 7) is 2.32. The van der Waals surface area contributed by atoms with Gasteiger partial charge in [-0.2, -0.15) is 0 Å². The van der Waals surface area contributed by atoms with Crippen molar-refractivity contribution in [3.8, 4) is 5.75 Å². The molecule has 0 heterocycles. The monoisotopic (exact) mass is 284 g/mol. The maximum atomic E-state index is 11.9. The van der Waals surface area contributed by atoms with Crippen molar-refractivity contribution >= 4 is 5.97 Å². The summed E-state index contributed by atoms with van der Waals surface area (Å²) in [7, 11) is 1.64. The van der Waals surface area contributed by atoms with Crippen LogP contribution in [0.5, 0.6) is 5.75 Å². The lowest BCUT2D eigenvalue weighted by molar-refractivity contribution is -0.145. The Hall–Kier alpha value is -2.29. The van der Waals surface area contributed by atoms with E-state index in [0.717, 1.165) is 16.9 Å². The summed E-state index contributed by atoms with van der Waals surface area (Å²) in [6, 6.07) is 17.4. The van der Waals surface area contributed by atoms with Gasteiger partial charge in [-0.3, -0.25) is 4.79 Å². The number of para-hydroxylation sites is 1. The Morgan fingerprint density at radius 1 is 1.05 bits per heavy atom. The van der Waals surface area contributed by atoms with Crippen molar-refractivity contribution < 1.29 is 14.3 Å². The number of carbonyl (C=O) groups is 1. The molecule has 0 aliphatic heterocycles. The molecule has 0 saturated heterocycles. The lowest BCUT2D eigenvalue weighted by Crippen LogP contribution is -2.09. The molecular formula is C18H20O3. The van der Waals surface area contributed by atoms with Crippen molar-refractivity contribution in [1.29, 1.82) is 0 Å². The normalized spacial score (nSPS) is 11.7. The van der Waals surface area contributed by atoms with Crippen LogP contribution in [0.25, 0.3) is 0 Å². The van der Waals surface area contributed by atoms with E-state index in [9.17, 15) is 4.79 Å². The van der Waals surface area contributed by atoms with Crippen LogP contribution in [0.1, 0.15) is 30.4 Å². The molecule has 3 nitrogen and oxygen atoms in total. The summed E-state index contributed by atoms with van der Waals surface area (Å²) in [4.78, 5) is 11.9. The Kier molecular flexibility index (Phi) is 5.38. The Morgan fingerprint density at radius 3 is 2.43 bits per heavy atom. The second-order valence-electron chi connectivity index (χ2n) is 4.99. The van der Waals surface area contributed by atoms with Gasteiger partial charge in [-0.15, -0.1) is 0 Å². The molecular weight excluding hydrogens is 264 g/mol. The fourth-order valence-electron chi connectivity index (χ4n) is 2.23. The molecule has 0 amide bonds. The van der Waals surface area contributed by atoms with E-state index in [1.165, 1.54) is 0 Å². The van der Waals surface area contributed by atoms with Crippen LogP contribution >= 0.6 is 0 Å². The van der Waals surface area contributed by atoms with Crippen LogP contribution in [0.3, 0.4) is 0 Å². The van der Waals surface area contributed by atoms with Gasteiger partial charge in [0.15, 0.2) is 0 Å². The van der Waals surface area contributed by atoms with Crippen LogP contribution in [-0.4, -0.2) is 13.1 Å². The van der Waals surface area contributed by atoms with Gasteiger partial charge in [-0.05, 0) is 23.1 Å². The largest absolute Gasteiger partial charge is 0.496 e. The summed E-state index contributed by atoms with van der Waals surface area (Å²) in [6.07, 6.45) is 0.340. The Balaban J connectivity index is 1.90. The van der Waals surface area contributed by atoms with Gasteiger partial charge in [0.2, 0.25) is 0 Å². The van der Waals surface area contributed by atoms with E-state index >= 15 is 0 Å². The number of hydrogen-bond donors (Lipinski definition) is 0. The zero-order valence-corrected chi connectivity index (χ0v) is 12.4.